The Hall–Kier alpha value is -0.530. The van der Waals surface area contributed by atoms with E-state index < -0.39 is 0 Å². The highest BCUT2D eigenvalue weighted by atomic mass is 16.5. The summed E-state index contributed by atoms with van der Waals surface area (Å²) in [6.07, 6.45) is 34.7. The Morgan fingerprint density at radius 1 is 0.702 bits per heavy atom. The van der Waals surface area contributed by atoms with Crippen molar-refractivity contribution in [3.63, 3.8) is 0 Å². The lowest BCUT2D eigenvalue weighted by atomic mass is 9.44. The number of carbonyl (C=O) groups excluding carboxylic acids is 1. The molecular weight excluding hydrogens is 572 g/mol. The van der Waals surface area contributed by atoms with E-state index in [4.69, 9.17) is 4.74 Å². The molecule has 10 atom stereocenters. The number of esters is 1. The third-order valence-corrected chi connectivity index (χ3v) is 15.7. The van der Waals surface area contributed by atoms with Gasteiger partial charge in [-0.15, -0.1) is 0 Å². The molecule has 0 aromatic rings. The lowest BCUT2D eigenvalue weighted by Gasteiger charge is -2.62. The van der Waals surface area contributed by atoms with Crippen molar-refractivity contribution in [1.29, 1.82) is 0 Å². The van der Waals surface area contributed by atoms with Gasteiger partial charge in [0.1, 0.15) is 6.10 Å². The summed E-state index contributed by atoms with van der Waals surface area (Å²) in [4.78, 5) is 13.3. The molecule has 0 bridgehead atoms. The second kappa shape index (κ2) is 19.2. The van der Waals surface area contributed by atoms with Gasteiger partial charge in [-0.25, -0.2) is 0 Å². The fourth-order valence-corrected chi connectivity index (χ4v) is 12.6. The van der Waals surface area contributed by atoms with Crippen LogP contribution in [0.3, 0.4) is 0 Å². The Balaban J connectivity index is 1.22. The number of unbranched alkanes of at least 4 members (excludes halogenated alkanes) is 12. The standard InChI is InChI=1S/C45H82O2/c1-8-10-11-12-13-14-15-16-17-18-19-20-21-25-43(46)47-42-24-22-23-37-28-29-38-40-31-30-39(35(5)26-27-36(9-2)34(3)4)44(40,6)33-32-41(38)45(37,42)7/h34-42H,8-33H2,1-7H3/t35-,36-,37?,38-,39-,40+,41+,42?,44-,45+/m1/s1. The van der Waals surface area contributed by atoms with Gasteiger partial charge in [0.2, 0.25) is 0 Å². The summed E-state index contributed by atoms with van der Waals surface area (Å²) in [5.74, 6) is 6.85. The molecule has 4 fully saturated rings. The number of carbonyl (C=O) groups is 1. The Bertz CT molecular complexity index is 894. The van der Waals surface area contributed by atoms with Crippen molar-refractivity contribution < 1.29 is 9.53 Å². The van der Waals surface area contributed by atoms with E-state index in [1.165, 1.54) is 148 Å². The third kappa shape index (κ3) is 9.83. The van der Waals surface area contributed by atoms with Gasteiger partial charge in [0, 0.05) is 11.8 Å². The van der Waals surface area contributed by atoms with Gasteiger partial charge in [-0.1, -0.05) is 138 Å². The van der Waals surface area contributed by atoms with Crippen LogP contribution in [0.4, 0.5) is 0 Å². The van der Waals surface area contributed by atoms with Crippen molar-refractivity contribution in [1.82, 2.24) is 0 Å². The van der Waals surface area contributed by atoms with E-state index in [1.54, 1.807) is 0 Å². The maximum absolute atomic E-state index is 13.3. The minimum atomic E-state index is 0.115. The van der Waals surface area contributed by atoms with E-state index in [0.29, 0.717) is 11.8 Å². The Morgan fingerprint density at radius 2 is 1.34 bits per heavy atom. The Labute approximate surface area is 294 Å². The number of ether oxygens (including phenoxy) is 1. The quantitative estimate of drug-likeness (QED) is 0.0909. The van der Waals surface area contributed by atoms with Crippen LogP contribution in [0.2, 0.25) is 0 Å². The van der Waals surface area contributed by atoms with Crippen LogP contribution >= 0.6 is 0 Å². The number of hydrogen-bond donors (Lipinski definition) is 0. The first-order chi connectivity index (χ1) is 22.7. The lowest BCUT2D eigenvalue weighted by Crippen LogP contribution is -2.58. The van der Waals surface area contributed by atoms with Gasteiger partial charge in [0.05, 0.1) is 0 Å². The molecule has 47 heavy (non-hydrogen) atoms. The Kier molecular flexibility index (Phi) is 16.0. The minimum absolute atomic E-state index is 0.115. The van der Waals surface area contributed by atoms with Gasteiger partial charge in [-0.3, -0.25) is 4.79 Å². The highest BCUT2D eigenvalue weighted by Gasteiger charge is 2.62. The van der Waals surface area contributed by atoms with Crippen molar-refractivity contribution >= 4 is 5.97 Å². The fourth-order valence-electron chi connectivity index (χ4n) is 12.6. The molecule has 0 amide bonds. The summed E-state index contributed by atoms with van der Waals surface area (Å²) in [7, 11) is 0. The molecule has 0 spiro atoms. The number of rotatable bonds is 21. The zero-order chi connectivity index (χ0) is 33.9. The molecule has 4 saturated carbocycles. The smallest absolute Gasteiger partial charge is 0.306 e. The van der Waals surface area contributed by atoms with Crippen LogP contribution in [-0.2, 0) is 9.53 Å². The molecule has 2 unspecified atom stereocenters. The molecule has 0 heterocycles. The predicted octanol–water partition coefficient (Wildman–Crippen LogP) is 14.1. The largest absolute Gasteiger partial charge is 0.462 e. The topological polar surface area (TPSA) is 26.3 Å². The van der Waals surface area contributed by atoms with Crippen molar-refractivity contribution in [3.05, 3.63) is 0 Å². The van der Waals surface area contributed by atoms with Crippen LogP contribution in [0, 0.1) is 58.2 Å². The molecule has 4 aliphatic rings. The Morgan fingerprint density at radius 3 is 1.96 bits per heavy atom. The van der Waals surface area contributed by atoms with E-state index in [0.717, 1.165) is 60.2 Å². The maximum Gasteiger partial charge on any atom is 0.306 e. The minimum Gasteiger partial charge on any atom is -0.462 e. The second-order valence-electron chi connectivity index (χ2n) is 18.6. The summed E-state index contributed by atoms with van der Waals surface area (Å²) >= 11 is 0. The normalized spacial score (nSPS) is 34.8. The highest BCUT2D eigenvalue weighted by molar-refractivity contribution is 5.69. The second-order valence-corrected chi connectivity index (χ2v) is 18.6. The van der Waals surface area contributed by atoms with Crippen LogP contribution in [0.1, 0.15) is 215 Å². The summed E-state index contributed by atoms with van der Waals surface area (Å²) in [6.45, 7) is 17.5. The van der Waals surface area contributed by atoms with Crippen LogP contribution in [0.5, 0.6) is 0 Å². The molecular formula is C45H82O2. The van der Waals surface area contributed by atoms with Gasteiger partial charge >= 0.3 is 5.97 Å². The molecule has 0 aliphatic heterocycles. The fraction of sp³-hybridized carbons (Fsp3) is 0.978. The SMILES string of the molecule is CCCCCCCCCCCCCCCC(=O)OC1CCCC2CC[C@H]3[C@H](CC[C@]4(C)[C@@H]([C@H](C)CC[C@@H](CC)C(C)C)CC[C@@H]34)[C@]21C. The first-order valence-electron chi connectivity index (χ1n) is 21.9. The highest BCUT2D eigenvalue weighted by Crippen LogP contribution is 2.68. The maximum atomic E-state index is 13.3. The van der Waals surface area contributed by atoms with Crippen LogP contribution < -0.4 is 0 Å². The summed E-state index contributed by atoms with van der Waals surface area (Å²) in [5, 5.41) is 0. The number of fused-ring (bicyclic) bond motifs is 5. The molecule has 2 heteroatoms. The van der Waals surface area contributed by atoms with Crippen LogP contribution in [0.25, 0.3) is 0 Å². The average molecular weight is 655 g/mol. The van der Waals surface area contributed by atoms with Gasteiger partial charge in [0.25, 0.3) is 0 Å². The molecule has 0 aromatic heterocycles. The van der Waals surface area contributed by atoms with Gasteiger partial charge < -0.3 is 4.74 Å². The molecule has 0 aromatic carbocycles. The molecule has 2 nitrogen and oxygen atoms in total. The van der Waals surface area contributed by atoms with Crippen LogP contribution in [0.15, 0.2) is 0 Å². The van der Waals surface area contributed by atoms with E-state index in [1.807, 2.05) is 0 Å². The van der Waals surface area contributed by atoms with Gasteiger partial charge in [-0.2, -0.15) is 0 Å². The van der Waals surface area contributed by atoms with Crippen LogP contribution in [-0.4, -0.2) is 12.1 Å². The average Bonchev–Trinajstić information content (AvgIpc) is 3.41. The summed E-state index contributed by atoms with van der Waals surface area (Å²) < 4.78 is 6.56. The molecule has 4 aliphatic carbocycles. The molecule has 0 radical (unpaired) electrons. The van der Waals surface area contributed by atoms with Crippen molar-refractivity contribution in [2.45, 2.75) is 222 Å². The van der Waals surface area contributed by atoms with Crippen molar-refractivity contribution in [3.8, 4) is 0 Å². The van der Waals surface area contributed by atoms with Gasteiger partial charge in [-0.05, 0) is 123 Å². The summed E-state index contributed by atoms with van der Waals surface area (Å²) in [5.41, 5.74) is 0.724. The van der Waals surface area contributed by atoms with Gasteiger partial charge in [0.15, 0.2) is 0 Å². The first kappa shape index (κ1) is 39.3. The molecule has 4 rings (SSSR count). The van der Waals surface area contributed by atoms with E-state index in [2.05, 4.69) is 48.5 Å². The first-order valence-corrected chi connectivity index (χ1v) is 21.9. The predicted molar refractivity (Wildman–Crippen MR) is 202 cm³/mol. The molecule has 0 N–H and O–H groups in total. The summed E-state index contributed by atoms with van der Waals surface area (Å²) in [6, 6.07) is 0. The monoisotopic (exact) mass is 655 g/mol. The van der Waals surface area contributed by atoms with E-state index in [-0.39, 0.29) is 17.5 Å². The third-order valence-electron chi connectivity index (χ3n) is 15.7. The van der Waals surface area contributed by atoms with Crippen molar-refractivity contribution in [2.24, 2.45) is 58.2 Å². The lowest BCUT2D eigenvalue weighted by molar-refractivity contribution is -0.192. The number of hydrogen-bond acceptors (Lipinski definition) is 2. The zero-order valence-electron chi connectivity index (χ0n) is 32.9. The molecule has 274 valence electrons. The zero-order valence-corrected chi connectivity index (χ0v) is 32.9. The van der Waals surface area contributed by atoms with E-state index in [9.17, 15) is 4.79 Å². The van der Waals surface area contributed by atoms with Crippen molar-refractivity contribution in [2.75, 3.05) is 0 Å². The van der Waals surface area contributed by atoms with E-state index >= 15 is 0 Å². The molecule has 0 saturated heterocycles.